The highest BCUT2D eigenvalue weighted by Gasteiger charge is 2.12. The predicted octanol–water partition coefficient (Wildman–Crippen LogP) is -0.794. The van der Waals surface area contributed by atoms with Crippen LogP contribution in [0.4, 0.5) is 0 Å². The smallest absolute Gasteiger partial charge is 0.372 e. The minimum atomic E-state index is -1.58. The topological polar surface area (TPSA) is 129 Å². The maximum absolute atomic E-state index is 10.2. The second-order valence-electron chi connectivity index (χ2n) is 1.73. The highest BCUT2D eigenvalue weighted by Crippen LogP contribution is 1.89. The van der Waals surface area contributed by atoms with E-state index in [-0.39, 0.29) is 6.47 Å². The fourth-order valence-electron chi connectivity index (χ4n) is 0.327. The zero-order chi connectivity index (χ0) is 10.9. The van der Waals surface area contributed by atoms with Gasteiger partial charge in [0.25, 0.3) is 6.47 Å². The second-order valence-corrected chi connectivity index (χ2v) is 1.73. The molecule has 0 saturated carbocycles. The molecule has 7 heteroatoms. The van der Waals surface area contributed by atoms with Gasteiger partial charge in [-0.15, -0.1) is 0 Å². The Morgan fingerprint density at radius 1 is 1.08 bits per heavy atom. The number of carboxylic acids is 2. The monoisotopic (exact) mass is 192 g/mol. The van der Waals surface area contributed by atoms with Crippen molar-refractivity contribution < 1.29 is 34.5 Å². The van der Waals surface area contributed by atoms with E-state index in [9.17, 15) is 14.4 Å². The van der Waals surface area contributed by atoms with Crippen LogP contribution in [0.2, 0.25) is 0 Å². The summed E-state index contributed by atoms with van der Waals surface area (Å²) in [7, 11) is 0. The van der Waals surface area contributed by atoms with Crippen molar-refractivity contribution in [3.8, 4) is 0 Å². The van der Waals surface area contributed by atoms with E-state index in [1.807, 2.05) is 0 Å². The standard InChI is InChI=1S/C5H6O5.CH2O2/c6-3(5(9)10)1-2-4(7)8;2-1-3/h1-2H2,(H,7,8)(H,9,10);1H,(H,2,3). The fraction of sp³-hybridized carbons (Fsp3) is 0.333. The Balaban J connectivity index is 0. The third-order valence-electron chi connectivity index (χ3n) is 0.804. The molecule has 0 rings (SSSR count). The number of carbonyl (C=O) groups excluding carboxylic acids is 1. The highest BCUT2D eigenvalue weighted by molar-refractivity contribution is 6.32. The zero-order valence-corrected chi connectivity index (χ0v) is 6.47. The van der Waals surface area contributed by atoms with Crippen molar-refractivity contribution in [2.75, 3.05) is 0 Å². The number of carbonyl (C=O) groups is 4. The van der Waals surface area contributed by atoms with Gasteiger partial charge in [0.15, 0.2) is 0 Å². The summed E-state index contributed by atoms with van der Waals surface area (Å²) >= 11 is 0. The van der Waals surface area contributed by atoms with Crippen LogP contribution < -0.4 is 0 Å². The van der Waals surface area contributed by atoms with Gasteiger partial charge in [-0.05, 0) is 0 Å². The minimum Gasteiger partial charge on any atom is -0.483 e. The Morgan fingerprint density at radius 3 is 1.69 bits per heavy atom. The maximum Gasteiger partial charge on any atom is 0.372 e. The van der Waals surface area contributed by atoms with Gasteiger partial charge in [-0.3, -0.25) is 14.4 Å². The first-order chi connectivity index (χ1) is 5.95. The van der Waals surface area contributed by atoms with Crippen LogP contribution in [0.15, 0.2) is 0 Å². The molecule has 0 aromatic rings. The van der Waals surface area contributed by atoms with Crippen LogP contribution >= 0.6 is 0 Å². The summed E-state index contributed by atoms with van der Waals surface area (Å²) in [5.74, 6) is -3.82. The summed E-state index contributed by atoms with van der Waals surface area (Å²) in [6.07, 6.45) is -0.865. The molecule has 0 unspecified atom stereocenters. The molecule has 0 heterocycles. The van der Waals surface area contributed by atoms with Gasteiger partial charge in [0, 0.05) is 6.42 Å². The quantitative estimate of drug-likeness (QED) is 0.393. The van der Waals surface area contributed by atoms with E-state index in [1.165, 1.54) is 0 Å². The highest BCUT2D eigenvalue weighted by atomic mass is 16.4. The third-order valence-corrected chi connectivity index (χ3v) is 0.804. The van der Waals surface area contributed by atoms with Crippen molar-refractivity contribution in [2.24, 2.45) is 0 Å². The molecule has 74 valence electrons. The summed E-state index contributed by atoms with van der Waals surface area (Å²) < 4.78 is 0. The van der Waals surface area contributed by atoms with Gasteiger partial charge in [-0.1, -0.05) is 0 Å². The van der Waals surface area contributed by atoms with Crippen molar-refractivity contribution >= 4 is 24.2 Å². The van der Waals surface area contributed by atoms with Crippen molar-refractivity contribution in [2.45, 2.75) is 12.8 Å². The second kappa shape index (κ2) is 8.18. The largest absolute Gasteiger partial charge is 0.483 e. The molecule has 0 amide bonds. The van der Waals surface area contributed by atoms with E-state index in [0.29, 0.717) is 0 Å². The summed E-state index contributed by atoms with van der Waals surface area (Å²) in [6, 6.07) is 0. The molecule has 0 fully saturated rings. The Morgan fingerprint density at radius 2 is 1.46 bits per heavy atom. The molecule has 0 aromatic carbocycles. The van der Waals surface area contributed by atoms with Crippen LogP contribution in [-0.2, 0) is 19.2 Å². The number of Topliss-reactive ketones (excluding diaryl/α,β-unsaturated/α-hetero) is 1. The molecule has 0 atom stereocenters. The minimum absolute atomic E-state index is 0.250. The summed E-state index contributed by atoms with van der Waals surface area (Å²) in [4.78, 5) is 38.1. The van der Waals surface area contributed by atoms with Gasteiger partial charge in [-0.25, -0.2) is 4.79 Å². The van der Waals surface area contributed by atoms with E-state index in [0.717, 1.165) is 0 Å². The van der Waals surface area contributed by atoms with E-state index >= 15 is 0 Å². The lowest BCUT2D eigenvalue weighted by Crippen LogP contribution is -2.13. The van der Waals surface area contributed by atoms with Crippen LogP contribution in [0.25, 0.3) is 0 Å². The average Bonchev–Trinajstić information content (AvgIpc) is 2.01. The molecule has 0 aromatic heterocycles. The first-order valence-electron chi connectivity index (χ1n) is 3.01. The molecule has 0 radical (unpaired) electrons. The summed E-state index contributed by atoms with van der Waals surface area (Å²) in [6.45, 7) is -0.250. The first-order valence-corrected chi connectivity index (χ1v) is 3.01. The third kappa shape index (κ3) is 13.1. The van der Waals surface area contributed by atoms with E-state index < -0.39 is 30.6 Å². The van der Waals surface area contributed by atoms with Gasteiger partial charge < -0.3 is 15.3 Å². The van der Waals surface area contributed by atoms with E-state index in [4.69, 9.17) is 20.1 Å². The summed E-state index contributed by atoms with van der Waals surface area (Å²) in [5, 5.41) is 22.8. The SMILES string of the molecule is O=C(O)CCC(=O)C(=O)O.O=CO. The van der Waals surface area contributed by atoms with E-state index in [2.05, 4.69) is 0 Å². The molecule has 0 aliphatic carbocycles. The van der Waals surface area contributed by atoms with Crippen molar-refractivity contribution in [1.29, 1.82) is 0 Å². The molecule has 3 N–H and O–H groups in total. The number of hydrogen-bond donors (Lipinski definition) is 3. The molecular formula is C6H8O7. The molecule has 0 saturated heterocycles. The van der Waals surface area contributed by atoms with E-state index in [1.54, 1.807) is 0 Å². The maximum atomic E-state index is 10.2. The average molecular weight is 192 g/mol. The number of hydrogen-bond acceptors (Lipinski definition) is 4. The van der Waals surface area contributed by atoms with Crippen molar-refractivity contribution in [3.05, 3.63) is 0 Å². The molecule has 0 aliphatic rings. The Bertz CT molecular complexity index is 207. The number of carboxylic acid groups (broad SMARTS) is 3. The normalized spacial score (nSPS) is 7.69. The Kier molecular flexibility index (Phi) is 8.59. The van der Waals surface area contributed by atoms with Gasteiger partial charge in [0.2, 0.25) is 5.78 Å². The number of ketones is 1. The molecule has 7 nitrogen and oxygen atoms in total. The molecule has 13 heavy (non-hydrogen) atoms. The van der Waals surface area contributed by atoms with Gasteiger partial charge in [0.05, 0.1) is 6.42 Å². The molecular weight excluding hydrogens is 184 g/mol. The predicted molar refractivity (Wildman–Crippen MR) is 38.2 cm³/mol. The van der Waals surface area contributed by atoms with Crippen LogP contribution in [0.3, 0.4) is 0 Å². The Labute approximate surface area is 72.6 Å². The molecule has 0 aliphatic heterocycles. The van der Waals surface area contributed by atoms with Crippen LogP contribution in [0.1, 0.15) is 12.8 Å². The Hall–Kier alpha value is -1.92. The lowest BCUT2D eigenvalue weighted by molar-refractivity contribution is -0.149. The van der Waals surface area contributed by atoms with Crippen molar-refractivity contribution in [3.63, 3.8) is 0 Å². The molecule has 0 bridgehead atoms. The van der Waals surface area contributed by atoms with Crippen molar-refractivity contribution in [1.82, 2.24) is 0 Å². The van der Waals surface area contributed by atoms with Gasteiger partial charge in [0.1, 0.15) is 0 Å². The fourth-order valence-corrected chi connectivity index (χ4v) is 0.327. The van der Waals surface area contributed by atoms with Gasteiger partial charge >= 0.3 is 11.9 Å². The van der Waals surface area contributed by atoms with Crippen LogP contribution in [0, 0.1) is 0 Å². The number of aliphatic carboxylic acids is 2. The van der Waals surface area contributed by atoms with Crippen LogP contribution in [-0.4, -0.2) is 39.5 Å². The first kappa shape index (κ1) is 13.7. The van der Waals surface area contributed by atoms with Gasteiger partial charge in [-0.2, -0.15) is 0 Å². The lowest BCUT2D eigenvalue weighted by Gasteiger charge is -1.88. The summed E-state index contributed by atoms with van der Waals surface area (Å²) in [5.41, 5.74) is 0. The molecule has 0 spiro atoms. The van der Waals surface area contributed by atoms with Crippen LogP contribution in [0.5, 0.6) is 0 Å². The lowest BCUT2D eigenvalue weighted by atomic mass is 10.2. The zero-order valence-electron chi connectivity index (χ0n) is 6.47. The number of rotatable bonds is 4.